The third-order valence-corrected chi connectivity index (χ3v) is 4.21. The van der Waals surface area contributed by atoms with Crippen molar-refractivity contribution in [2.24, 2.45) is 5.92 Å². The summed E-state index contributed by atoms with van der Waals surface area (Å²) in [6, 6.07) is 3.71. The first-order valence-electron chi connectivity index (χ1n) is 6.35. The van der Waals surface area contributed by atoms with Gasteiger partial charge in [-0.1, -0.05) is 24.3 Å². The van der Waals surface area contributed by atoms with E-state index >= 15 is 0 Å². The van der Waals surface area contributed by atoms with Crippen LogP contribution in [0.15, 0.2) is 24.3 Å². The summed E-state index contributed by atoms with van der Waals surface area (Å²) in [6.45, 7) is 4.13. The van der Waals surface area contributed by atoms with Gasteiger partial charge >= 0.3 is 5.97 Å². The number of carbonyl (C=O) groups is 1. The molecule has 2 aliphatic rings. The van der Waals surface area contributed by atoms with Gasteiger partial charge in [-0.3, -0.25) is 0 Å². The lowest BCUT2D eigenvalue weighted by atomic mass is 9.77. The molecule has 0 amide bonds. The van der Waals surface area contributed by atoms with Gasteiger partial charge in [0.1, 0.15) is 6.04 Å². The van der Waals surface area contributed by atoms with E-state index < -0.39 is 12.0 Å². The Labute approximate surface area is 107 Å². The highest BCUT2D eigenvalue weighted by molar-refractivity contribution is 5.81. The van der Waals surface area contributed by atoms with Crippen molar-refractivity contribution in [2.75, 3.05) is 5.32 Å². The van der Waals surface area contributed by atoms with Crippen LogP contribution in [-0.4, -0.2) is 17.1 Å². The molecule has 0 saturated carbocycles. The molecule has 0 spiro atoms. The highest BCUT2D eigenvalue weighted by Crippen LogP contribution is 2.46. The highest BCUT2D eigenvalue weighted by Gasteiger charge is 2.41. The number of benzene rings is 1. The standard InChI is InChI=1S/C15H17NO2/c1-8-6-7-9(2)13-12(8)10-4-3-5-11(10)14(16-13)15(17)18/h3-4,6-7,10-11,14,16H,5H2,1-2H3,(H,17,18)/t10-,11+,14+/m1/s1. The molecule has 18 heavy (non-hydrogen) atoms. The molecule has 3 heteroatoms. The van der Waals surface area contributed by atoms with E-state index in [0.717, 1.165) is 17.7 Å². The number of hydrogen-bond acceptors (Lipinski definition) is 2. The van der Waals surface area contributed by atoms with Gasteiger partial charge in [-0.25, -0.2) is 4.79 Å². The first-order valence-corrected chi connectivity index (χ1v) is 6.35. The number of carboxylic acids is 1. The van der Waals surface area contributed by atoms with Crippen molar-refractivity contribution in [2.45, 2.75) is 32.2 Å². The number of aryl methyl sites for hydroxylation is 2. The molecular formula is C15H17NO2. The Morgan fingerprint density at radius 3 is 2.78 bits per heavy atom. The normalized spacial score (nSPS) is 28.4. The molecule has 3 nitrogen and oxygen atoms in total. The topological polar surface area (TPSA) is 49.3 Å². The highest BCUT2D eigenvalue weighted by atomic mass is 16.4. The van der Waals surface area contributed by atoms with Crippen LogP contribution in [0.2, 0.25) is 0 Å². The largest absolute Gasteiger partial charge is 0.480 e. The lowest BCUT2D eigenvalue weighted by Crippen LogP contribution is -2.42. The quantitative estimate of drug-likeness (QED) is 0.746. The molecule has 1 aliphatic heterocycles. The first-order chi connectivity index (χ1) is 8.59. The predicted molar refractivity (Wildman–Crippen MR) is 71.0 cm³/mol. The zero-order valence-electron chi connectivity index (χ0n) is 10.6. The number of allylic oxidation sites excluding steroid dienone is 2. The molecule has 0 bridgehead atoms. The molecule has 0 saturated heterocycles. The van der Waals surface area contributed by atoms with Crippen LogP contribution >= 0.6 is 0 Å². The van der Waals surface area contributed by atoms with Crippen LogP contribution in [0.5, 0.6) is 0 Å². The Morgan fingerprint density at radius 2 is 2.06 bits per heavy atom. The van der Waals surface area contributed by atoms with Crippen molar-refractivity contribution in [1.29, 1.82) is 0 Å². The zero-order valence-corrected chi connectivity index (χ0v) is 10.6. The van der Waals surface area contributed by atoms with E-state index in [1.807, 2.05) is 6.92 Å². The first kappa shape index (κ1) is 11.3. The summed E-state index contributed by atoms with van der Waals surface area (Å²) >= 11 is 0. The third kappa shape index (κ3) is 1.47. The molecule has 3 rings (SSSR count). The second-order valence-electron chi connectivity index (χ2n) is 5.30. The van der Waals surface area contributed by atoms with E-state index in [1.165, 1.54) is 11.1 Å². The summed E-state index contributed by atoms with van der Waals surface area (Å²) in [7, 11) is 0. The molecule has 0 fully saturated rings. The van der Waals surface area contributed by atoms with Gasteiger partial charge in [0, 0.05) is 17.5 Å². The van der Waals surface area contributed by atoms with E-state index in [2.05, 4.69) is 36.5 Å². The van der Waals surface area contributed by atoms with E-state index in [4.69, 9.17) is 0 Å². The number of rotatable bonds is 1. The molecular weight excluding hydrogens is 226 g/mol. The van der Waals surface area contributed by atoms with Gasteiger partial charge in [-0.2, -0.15) is 0 Å². The fraction of sp³-hybridized carbons (Fsp3) is 0.400. The summed E-state index contributed by atoms with van der Waals surface area (Å²) in [4.78, 5) is 11.4. The van der Waals surface area contributed by atoms with Crippen molar-refractivity contribution in [3.63, 3.8) is 0 Å². The maximum absolute atomic E-state index is 11.4. The number of carboxylic acid groups (broad SMARTS) is 1. The minimum Gasteiger partial charge on any atom is -0.480 e. The lowest BCUT2D eigenvalue weighted by Gasteiger charge is -2.36. The Hall–Kier alpha value is -1.77. The Morgan fingerprint density at radius 1 is 1.33 bits per heavy atom. The summed E-state index contributed by atoms with van der Waals surface area (Å²) in [5.74, 6) is -0.349. The van der Waals surface area contributed by atoms with Crippen LogP contribution in [0, 0.1) is 19.8 Å². The summed E-state index contributed by atoms with van der Waals surface area (Å²) < 4.78 is 0. The van der Waals surface area contributed by atoms with E-state index in [0.29, 0.717) is 0 Å². The number of fused-ring (bicyclic) bond motifs is 3. The minimum atomic E-state index is -0.750. The fourth-order valence-corrected chi connectivity index (χ4v) is 3.29. The Kier molecular flexibility index (Phi) is 2.44. The number of nitrogens with one attached hydrogen (secondary N) is 1. The number of aliphatic carboxylic acids is 1. The van der Waals surface area contributed by atoms with E-state index in [1.54, 1.807) is 0 Å². The monoisotopic (exact) mass is 243 g/mol. The van der Waals surface area contributed by atoms with Gasteiger partial charge in [-0.05, 0) is 37.0 Å². The molecule has 0 aromatic heterocycles. The predicted octanol–water partition coefficient (Wildman–Crippen LogP) is 2.84. The maximum Gasteiger partial charge on any atom is 0.326 e. The molecule has 3 atom stereocenters. The van der Waals surface area contributed by atoms with Gasteiger partial charge in [0.15, 0.2) is 0 Å². The van der Waals surface area contributed by atoms with Crippen molar-refractivity contribution < 1.29 is 9.90 Å². The molecule has 94 valence electrons. The molecule has 1 aromatic rings. The van der Waals surface area contributed by atoms with Crippen LogP contribution in [0.1, 0.15) is 29.0 Å². The smallest absolute Gasteiger partial charge is 0.326 e. The van der Waals surface area contributed by atoms with Crippen molar-refractivity contribution >= 4 is 11.7 Å². The van der Waals surface area contributed by atoms with E-state index in [-0.39, 0.29) is 11.8 Å². The lowest BCUT2D eigenvalue weighted by molar-refractivity contribution is -0.139. The molecule has 1 heterocycles. The Bertz CT molecular complexity index is 548. The summed E-state index contributed by atoms with van der Waals surface area (Å²) in [5, 5.41) is 12.6. The van der Waals surface area contributed by atoms with Crippen molar-refractivity contribution in [1.82, 2.24) is 0 Å². The fourth-order valence-electron chi connectivity index (χ4n) is 3.29. The van der Waals surface area contributed by atoms with Gasteiger partial charge in [0.2, 0.25) is 0 Å². The van der Waals surface area contributed by atoms with Crippen LogP contribution in [0.3, 0.4) is 0 Å². The second kappa shape index (κ2) is 3.87. The molecule has 1 aliphatic carbocycles. The SMILES string of the molecule is Cc1ccc(C)c2c1N[C@H](C(=O)O)[C@H]1CC=C[C@@H]21. The van der Waals surface area contributed by atoms with Gasteiger partial charge < -0.3 is 10.4 Å². The van der Waals surface area contributed by atoms with E-state index in [9.17, 15) is 9.90 Å². The Balaban J connectivity index is 2.17. The average Bonchev–Trinajstić information content (AvgIpc) is 2.81. The molecule has 1 aromatic carbocycles. The zero-order chi connectivity index (χ0) is 12.9. The maximum atomic E-state index is 11.4. The van der Waals surface area contributed by atoms with Crippen LogP contribution in [0.4, 0.5) is 5.69 Å². The van der Waals surface area contributed by atoms with Crippen LogP contribution in [-0.2, 0) is 4.79 Å². The molecule has 0 radical (unpaired) electrons. The second-order valence-corrected chi connectivity index (χ2v) is 5.30. The van der Waals surface area contributed by atoms with Crippen LogP contribution < -0.4 is 5.32 Å². The van der Waals surface area contributed by atoms with Crippen molar-refractivity contribution in [3.05, 3.63) is 41.0 Å². The van der Waals surface area contributed by atoms with Crippen molar-refractivity contribution in [3.8, 4) is 0 Å². The average molecular weight is 243 g/mol. The summed E-state index contributed by atoms with van der Waals surface area (Å²) in [6.07, 6.45) is 5.14. The van der Waals surface area contributed by atoms with Crippen LogP contribution in [0.25, 0.3) is 0 Å². The molecule has 2 N–H and O–H groups in total. The van der Waals surface area contributed by atoms with Gasteiger partial charge in [0.25, 0.3) is 0 Å². The third-order valence-electron chi connectivity index (χ3n) is 4.21. The van der Waals surface area contributed by atoms with Gasteiger partial charge in [-0.15, -0.1) is 0 Å². The summed E-state index contributed by atoms with van der Waals surface area (Å²) in [5.41, 5.74) is 4.68. The number of hydrogen-bond donors (Lipinski definition) is 2. The van der Waals surface area contributed by atoms with Gasteiger partial charge in [0.05, 0.1) is 0 Å². The minimum absolute atomic E-state index is 0.149. The number of anilines is 1. The molecule has 0 unspecified atom stereocenters.